The molecule has 0 spiro atoms. The zero-order chi connectivity index (χ0) is 19.0. The van der Waals surface area contributed by atoms with Gasteiger partial charge in [-0.05, 0) is 59.1 Å². The largest absolute Gasteiger partial charge is 0.458 e. The molecule has 2 aliphatic heterocycles. The Balaban J connectivity index is 2.47. The van der Waals surface area contributed by atoms with Gasteiger partial charge in [0.1, 0.15) is 17.9 Å². The Kier molecular flexibility index (Phi) is 5.19. The third-order valence-corrected chi connectivity index (χ3v) is 4.22. The maximum absolute atomic E-state index is 13.5. The fourth-order valence-electron chi connectivity index (χ4n) is 3.27. The smallest absolute Gasteiger partial charge is 0.411 e. The Morgan fingerprint density at radius 3 is 2.28 bits per heavy atom. The van der Waals surface area contributed by atoms with Gasteiger partial charge in [0, 0.05) is 19.6 Å². The van der Waals surface area contributed by atoms with Gasteiger partial charge in [-0.3, -0.25) is 4.90 Å². The van der Waals surface area contributed by atoms with Crippen LogP contribution in [0.25, 0.3) is 0 Å². The van der Waals surface area contributed by atoms with Crippen LogP contribution >= 0.6 is 0 Å². The summed E-state index contributed by atoms with van der Waals surface area (Å²) in [6.07, 6.45) is -0.199. The third kappa shape index (κ3) is 3.97. The Labute approximate surface area is 148 Å². The van der Waals surface area contributed by atoms with Gasteiger partial charge in [0.25, 0.3) is 0 Å². The van der Waals surface area contributed by atoms with Crippen LogP contribution in [-0.4, -0.2) is 60.0 Å². The molecular formula is C18H29FN2O4. The van der Waals surface area contributed by atoms with E-state index in [0.717, 1.165) is 0 Å². The molecule has 1 fully saturated rings. The van der Waals surface area contributed by atoms with Crippen molar-refractivity contribution in [3.63, 3.8) is 0 Å². The van der Waals surface area contributed by atoms with Gasteiger partial charge in [-0.2, -0.15) is 0 Å². The van der Waals surface area contributed by atoms with E-state index in [9.17, 15) is 14.0 Å². The van der Waals surface area contributed by atoms with Crippen molar-refractivity contribution < 1.29 is 23.5 Å². The summed E-state index contributed by atoms with van der Waals surface area (Å²) in [6, 6.07) is 0. The first-order chi connectivity index (χ1) is 11.4. The molecule has 7 heteroatoms. The van der Waals surface area contributed by atoms with E-state index in [1.807, 2.05) is 0 Å². The number of hydrogen-bond donors (Lipinski definition) is 1. The molecule has 0 aromatic heterocycles. The van der Waals surface area contributed by atoms with E-state index in [1.165, 1.54) is 4.90 Å². The minimum Gasteiger partial charge on any atom is -0.458 e. The molecule has 1 amide bonds. The SMILES string of the molecule is CC(C)(C)OC(=O)N1CCC(CF)=C2CNCC21C(=O)OC(C)(C)C. The predicted molar refractivity (Wildman–Crippen MR) is 92.0 cm³/mol. The highest BCUT2D eigenvalue weighted by atomic mass is 19.1. The molecule has 0 radical (unpaired) electrons. The number of nitrogens with zero attached hydrogens (tertiary/aromatic N) is 1. The average molecular weight is 356 g/mol. The summed E-state index contributed by atoms with van der Waals surface area (Å²) in [6.45, 7) is 10.8. The minimum atomic E-state index is -1.34. The third-order valence-electron chi connectivity index (χ3n) is 4.22. The van der Waals surface area contributed by atoms with Gasteiger partial charge in [0.15, 0.2) is 5.54 Å². The molecule has 25 heavy (non-hydrogen) atoms. The fourth-order valence-corrected chi connectivity index (χ4v) is 3.27. The molecule has 0 aliphatic carbocycles. The lowest BCUT2D eigenvalue weighted by molar-refractivity contribution is -0.166. The lowest BCUT2D eigenvalue weighted by Gasteiger charge is -2.44. The highest BCUT2D eigenvalue weighted by Gasteiger charge is 2.57. The van der Waals surface area contributed by atoms with E-state index in [4.69, 9.17) is 9.47 Å². The maximum atomic E-state index is 13.5. The summed E-state index contributed by atoms with van der Waals surface area (Å²) in [5.74, 6) is -0.545. The van der Waals surface area contributed by atoms with E-state index in [0.29, 0.717) is 24.1 Å². The van der Waals surface area contributed by atoms with Crippen LogP contribution < -0.4 is 5.32 Å². The van der Waals surface area contributed by atoms with Crippen molar-refractivity contribution in [2.75, 3.05) is 26.3 Å². The number of ether oxygens (including phenoxy) is 2. The van der Waals surface area contributed by atoms with Gasteiger partial charge in [-0.1, -0.05) is 0 Å². The van der Waals surface area contributed by atoms with Gasteiger partial charge in [-0.15, -0.1) is 0 Å². The summed E-state index contributed by atoms with van der Waals surface area (Å²) in [5, 5.41) is 3.11. The zero-order valence-corrected chi connectivity index (χ0v) is 16.0. The standard InChI is InChI=1S/C18H29FN2O4/c1-16(2,3)24-14(22)18-11-20-10-13(18)12(9-19)7-8-21(18)15(23)25-17(4,5)6/h20H,7-11H2,1-6H3. The monoisotopic (exact) mass is 356 g/mol. The predicted octanol–water partition coefficient (Wildman–Crippen LogP) is 2.58. The van der Waals surface area contributed by atoms with Crippen LogP contribution in [0.1, 0.15) is 48.0 Å². The summed E-state index contributed by atoms with van der Waals surface area (Å²) in [4.78, 5) is 27.3. The van der Waals surface area contributed by atoms with Crippen molar-refractivity contribution in [3.8, 4) is 0 Å². The molecule has 2 heterocycles. The lowest BCUT2D eigenvalue weighted by Crippen LogP contribution is -2.63. The maximum Gasteiger partial charge on any atom is 0.411 e. The number of carbonyl (C=O) groups excluding carboxylic acids is 2. The number of alkyl halides is 1. The van der Waals surface area contributed by atoms with Crippen molar-refractivity contribution >= 4 is 12.1 Å². The van der Waals surface area contributed by atoms with Gasteiger partial charge in [0.05, 0.1) is 0 Å². The van der Waals surface area contributed by atoms with Gasteiger partial charge in [-0.25, -0.2) is 14.0 Å². The van der Waals surface area contributed by atoms with E-state index >= 15 is 0 Å². The lowest BCUT2D eigenvalue weighted by atomic mass is 9.83. The summed E-state index contributed by atoms with van der Waals surface area (Å²) < 4.78 is 24.6. The number of hydrogen-bond acceptors (Lipinski definition) is 5. The van der Waals surface area contributed by atoms with Crippen LogP contribution in [0.15, 0.2) is 11.1 Å². The van der Waals surface area contributed by atoms with Crippen LogP contribution in [0, 0.1) is 0 Å². The second kappa shape index (κ2) is 6.59. The van der Waals surface area contributed by atoms with Crippen molar-refractivity contribution in [2.45, 2.75) is 64.7 Å². The van der Waals surface area contributed by atoms with Gasteiger partial charge in [0.2, 0.25) is 0 Å². The van der Waals surface area contributed by atoms with Crippen LogP contribution in [0.4, 0.5) is 9.18 Å². The molecule has 0 saturated carbocycles. The quantitative estimate of drug-likeness (QED) is 0.608. The van der Waals surface area contributed by atoms with Crippen LogP contribution in [0.5, 0.6) is 0 Å². The average Bonchev–Trinajstić information content (AvgIpc) is 2.88. The van der Waals surface area contributed by atoms with E-state index in [2.05, 4.69) is 5.32 Å². The molecule has 0 aromatic carbocycles. The van der Waals surface area contributed by atoms with Gasteiger partial charge >= 0.3 is 12.1 Å². The number of esters is 1. The Morgan fingerprint density at radius 1 is 1.16 bits per heavy atom. The summed E-state index contributed by atoms with van der Waals surface area (Å²) in [7, 11) is 0. The Bertz CT molecular complexity index is 589. The van der Waals surface area contributed by atoms with E-state index < -0.39 is 35.5 Å². The number of carbonyl (C=O) groups is 2. The van der Waals surface area contributed by atoms with E-state index in [-0.39, 0.29) is 13.1 Å². The first-order valence-corrected chi connectivity index (χ1v) is 8.63. The van der Waals surface area contributed by atoms with E-state index in [1.54, 1.807) is 41.5 Å². The molecule has 2 rings (SSSR count). The highest BCUT2D eigenvalue weighted by Crippen LogP contribution is 2.39. The number of rotatable bonds is 2. The summed E-state index contributed by atoms with van der Waals surface area (Å²) in [5.41, 5.74) is -1.58. The minimum absolute atomic E-state index is 0.194. The number of nitrogens with one attached hydrogen (secondary N) is 1. The van der Waals surface area contributed by atoms with Crippen molar-refractivity contribution in [1.29, 1.82) is 0 Å². The summed E-state index contributed by atoms with van der Waals surface area (Å²) >= 11 is 0. The molecular weight excluding hydrogens is 327 g/mol. The first kappa shape index (κ1) is 19.7. The Morgan fingerprint density at radius 2 is 1.76 bits per heavy atom. The number of halogens is 1. The fraction of sp³-hybridized carbons (Fsp3) is 0.778. The van der Waals surface area contributed by atoms with Crippen LogP contribution in [-0.2, 0) is 14.3 Å². The molecule has 1 saturated heterocycles. The molecule has 0 bridgehead atoms. The molecule has 1 atom stereocenters. The molecule has 6 nitrogen and oxygen atoms in total. The molecule has 1 unspecified atom stereocenters. The molecule has 0 aromatic rings. The zero-order valence-electron chi connectivity index (χ0n) is 16.0. The van der Waals surface area contributed by atoms with Crippen molar-refractivity contribution in [1.82, 2.24) is 10.2 Å². The van der Waals surface area contributed by atoms with Gasteiger partial charge < -0.3 is 14.8 Å². The topological polar surface area (TPSA) is 67.9 Å². The first-order valence-electron chi connectivity index (χ1n) is 8.63. The molecule has 142 valence electrons. The number of fused-ring (bicyclic) bond motifs is 1. The van der Waals surface area contributed by atoms with Crippen LogP contribution in [0.2, 0.25) is 0 Å². The second-order valence-corrected chi connectivity index (χ2v) is 8.56. The molecule has 2 aliphatic rings. The van der Waals surface area contributed by atoms with Crippen LogP contribution in [0.3, 0.4) is 0 Å². The second-order valence-electron chi connectivity index (χ2n) is 8.56. The van der Waals surface area contributed by atoms with Crippen molar-refractivity contribution in [2.24, 2.45) is 0 Å². The number of amides is 1. The molecule has 1 N–H and O–H groups in total. The van der Waals surface area contributed by atoms with Crippen molar-refractivity contribution in [3.05, 3.63) is 11.1 Å². The highest BCUT2D eigenvalue weighted by molar-refractivity contribution is 5.92. The Hall–Kier alpha value is -1.63. The normalized spacial score (nSPS) is 24.2.